The van der Waals surface area contributed by atoms with Gasteiger partial charge >= 0.3 is 0 Å². The summed E-state index contributed by atoms with van der Waals surface area (Å²) in [7, 11) is 0. The van der Waals surface area contributed by atoms with E-state index in [1.54, 1.807) is 11.8 Å². The van der Waals surface area contributed by atoms with Gasteiger partial charge < -0.3 is 15.4 Å². The van der Waals surface area contributed by atoms with Gasteiger partial charge in [-0.05, 0) is 44.2 Å². The highest BCUT2D eigenvalue weighted by atomic mass is 32.2. The van der Waals surface area contributed by atoms with Crippen molar-refractivity contribution in [2.75, 3.05) is 25.4 Å². The van der Waals surface area contributed by atoms with Crippen molar-refractivity contribution in [3.8, 4) is 11.3 Å². The van der Waals surface area contributed by atoms with Crippen LogP contribution in [0.3, 0.4) is 0 Å². The van der Waals surface area contributed by atoms with Gasteiger partial charge in [0.15, 0.2) is 0 Å². The molecule has 3 N–H and O–H groups in total. The molecule has 6 heteroatoms. The molecule has 1 saturated carbocycles. The minimum absolute atomic E-state index is 0.133. The Balaban J connectivity index is 0.00000117. The molecule has 5 nitrogen and oxygen atoms in total. The summed E-state index contributed by atoms with van der Waals surface area (Å²) in [6, 6.07) is 14.8. The van der Waals surface area contributed by atoms with Gasteiger partial charge in [-0.25, -0.2) is 0 Å². The van der Waals surface area contributed by atoms with Gasteiger partial charge in [-0.15, -0.1) is 0 Å². The zero-order valence-electron chi connectivity index (χ0n) is 17.0. The summed E-state index contributed by atoms with van der Waals surface area (Å²) < 4.78 is -0.215. The van der Waals surface area contributed by atoms with Crippen molar-refractivity contribution in [1.82, 2.24) is 9.88 Å². The summed E-state index contributed by atoms with van der Waals surface area (Å²) in [5.74, 6) is 1.64. The summed E-state index contributed by atoms with van der Waals surface area (Å²) in [6.45, 7) is 6.51. The van der Waals surface area contributed by atoms with E-state index in [9.17, 15) is 5.11 Å². The van der Waals surface area contributed by atoms with Crippen molar-refractivity contribution < 1.29 is 5.11 Å². The summed E-state index contributed by atoms with van der Waals surface area (Å²) in [5.41, 5.74) is 3.70. The van der Waals surface area contributed by atoms with Gasteiger partial charge in [0.25, 0.3) is 0 Å². The number of nitrogens with zero attached hydrogens (tertiary/aromatic N) is 2. The number of hydrogen-bond donors (Lipinski definition) is 3. The molecule has 0 amide bonds. The molecule has 1 aromatic heterocycles. The molecule has 2 aliphatic rings. The maximum absolute atomic E-state index is 9.68. The van der Waals surface area contributed by atoms with Crippen LogP contribution < -0.4 is 0 Å². The minimum atomic E-state index is -0.215. The van der Waals surface area contributed by atoms with Crippen LogP contribution in [0.5, 0.6) is 0 Å². The summed E-state index contributed by atoms with van der Waals surface area (Å²) in [4.78, 5) is 6.68. The van der Waals surface area contributed by atoms with E-state index in [2.05, 4.69) is 47.8 Å². The molecule has 154 valence electrons. The molecule has 1 aliphatic carbocycles. The van der Waals surface area contributed by atoms with Gasteiger partial charge in [0.1, 0.15) is 0 Å². The normalized spacial score (nSPS) is 23.0. The van der Waals surface area contributed by atoms with Gasteiger partial charge in [0.05, 0.1) is 18.1 Å². The first-order chi connectivity index (χ1) is 14.0. The van der Waals surface area contributed by atoms with Crippen LogP contribution in [0.15, 0.2) is 48.7 Å². The fourth-order valence-electron chi connectivity index (χ4n) is 3.91. The molecule has 2 fully saturated rings. The third-order valence-corrected chi connectivity index (χ3v) is 7.23. The van der Waals surface area contributed by atoms with Crippen molar-refractivity contribution in [1.29, 1.82) is 10.8 Å². The second-order valence-electron chi connectivity index (χ2n) is 8.07. The highest BCUT2D eigenvalue weighted by molar-refractivity contribution is 8.00. The predicted molar refractivity (Wildman–Crippen MR) is 122 cm³/mol. The number of benzene rings is 1. The van der Waals surface area contributed by atoms with E-state index in [0.29, 0.717) is 12.3 Å². The predicted octanol–water partition coefficient (Wildman–Crippen LogP) is 4.21. The van der Waals surface area contributed by atoms with Crippen LogP contribution in [-0.2, 0) is 5.41 Å². The number of amidine groups is 1. The third kappa shape index (κ3) is 4.87. The molecular formula is C23H30N4OS. The minimum Gasteiger partial charge on any atom is -0.395 e. The quantitative estimate of drug-likeness (QED) is 0.645. The molecule has 0 radical (unpaired) electrons. The van der Waals surface area contributed by atoms with E-state index in [1.165, 1.54) is 18.4 Å². The third-order valence-electron chi connectivity index (χ3n) is 5.87. The highest BCUT2D eigenvalue weighted by Crippen LogP contribution is 2.49. The lowest BCUT2D eigenvalue weighted by Crippen LogP contribution is -2.39. The summed E-state index contributed by atoms with van der Waals surface area (Å²) in [5, 5.41) is 23.7. The second-order valence-corrected chi connectivity index (χ2v) is 9.76. The average molecular weight is 411 g/mol. The van der Waals surface area contributed by atoms with Crippen LogP contribution in [-0.4, -0.2) is 57.7 Å². The number of aliphatic hydroxyl groups excluding tert-OH is 1. The first kappa shape index (κ1) is 21.5. The molecule has 29 heavy (non-hydrogen) atoms. The smallest absolute Gasteiger partial charge is 0.0973 e. The van der Waals surface area contributed by atoms with E-state index in [1.807, 2.05) is 24.4 Å². The number of thioether (sulfide) groups is 1. The molecule has 2 heterocycles. The average Bonchev–Trinajstić information content (AvgIpc) is 3.57. The zero-order valence-corrected chi connectivity index (χ0v) is 17.8. The van der Waals surface area contributed by atoms with Crippen LogP contribution in [0.25, 0.3) is 11.3 Å². The number of rotatable bonds is 5. The number of hydrogen-bond acceptors (Lipinski definition) is 5. The Kier molecular flexibility index (Phi) is 6.75. The van der Waals surface area contributed by atoms with E-state index < -0.39 is 0 Å². The molecule has 1 unspecified atom stereocenters. The first-order valence-corrected chi connectivity index (χ1v) is 11.0. The van der Waals surface area contributed by atoms with E-state index in [4.69, 9.17) is 10.8 Å². The molecule has 0 spiro atoms. The number of aromatic nitrogens is 1. The topological polar surface area (TPSA) is 84.1 Å². The molecule has 2 aromatic rings. The molecule has 0 bridgehead atoms. The van der Waals surface area contributed by atoms with E-state index in [-0.39, 0.29) is 16.8 Å². The van der Waals surface area contributed by atoms with Gasteiger partial charge in [-0.1, -0.05) is 30.3 Å². The standard InChI is InChI=1S/C22H27N3OS.CH3N/c1-21(16-26)14-20(23)25(12-13-27-21)15-22(9-10-22)18-7-5-17(6-8-18)19-4-2-3-11-24-19;1-2/h2-8,11,23,26H,9-10,12-16H2,1H3;2H,1H2. The Morgan fingerprint density at radius 2 is 1.90 bits per heavy atom. The lowest BCUT2D eigenvalue weighted by molar-refractivity contribution is 0.257. The van der Waals surface area contributed by atoms with Crippen LogP contribution in [0.4, 0.5) is 0 Å². The lowest BCUT2D eigenvalue weighted by atomic mass is 9.93. The Bertz CT molecular complexity index is 823. The fraction of sp³-hybridized carbons (Fsp3) is 0.435. The maximum atomic E-state index is 9.68. The van der Waals surface area contributed by atoms with Crippen LogP contribution >= 0.6 is 11.8 Å². The number of nitrogens with one attached hydrogen (secondary N) is 2. The highest BCUT2D eigenvalue weighted by Gasteiger charge is 2.46. The molecule has 4 rings (SSSR count). The Labute approximate surface area is 177 Å². The van der Waals surface area contributed by atoms with Crippen LogP contribution in [0, 0.1) is 10.8 Å². The Morgan fingerprint density at radius 1 is 1.17 bits per heavy atom. The second kappa shape index (κ2) is 9.09. The largest absolute Gasteiger partial charge is 0.395 e. The molecule has 1 aliphatic heterocycles. The number of pyridine rings is 1. The van der Waals surface area contributed by atoms with Crippen LogP contribution in [0.2, 0.25) is 0 Å². The lowest BCUT2D eigenvalue weighted by Gasteiger charge is -2.30. The first-order valence-electron chi connectivity index (χ1n) is 9.98. The van der Waals surface area contributed by atoms with Gasteiger partial charge in [-0.2, -0.15) is 11.8 Å². The fourth-order valence-corrected chi connectivity index (χ4v) is 5.05. The molecular weight excluding hydrogens is 380 g/mol. The van der Waals surface area contributed by atoms with Crippen molar-refractivity contribution in [3.05, 3.63) is 54.2 Å². The zero-order chi connectivity index (χ0) is 20.9. The SMILES string of the molecule is C=N.CC1(CO)CC(=N)N(CC2(c3ccc(-c4ccccn4)cc3)CC2)CCS1. The van der Waals surface area contributed by atoms with E-state index >= 15 is 0 Å². The van der Waals surface area contributed by atoms with Crippen molar-refractivity contribution >= 4 is 24.3 Å². The summed E-state index contributed by atoms with van der Waals surface area (Å²) in [6.07, 6.45) is 4.84. The van der Waals surface area contributed by atoms with Crippen molar-refractivity contribution in [2.45, 2.75) is 36.3 Å². The van der Waals surface area contributed by atoms with E-state index in [0.717, 1.165) is 30.1 Å². The Hall–Kier alpha value is -2.18. The van der Waals surface area contributed by atoms with Crippen LogP contribution in [0.1, 0.15) is 31.7 Å². The molecule has 1 atom stereocenters. The number of aliphatic hydroxyl groups is 1. The van der Waals surface area contributed by atoms with Crippen molar-refractivity contribution in [3.63, 3.8) is 0 Å². The van der Waals surface area contributed by atoms with Gasteiger partial charge in [0, 0.05) is 47.2 Å². The van der Waals surface area contributed by atoms with Crippen molar-refractivity contribution in [2.24, 2.45) is 0 Å². The molecule has 1 aromatic carbocycles. The maximum Gasteiger partial charge on any atom is 0.0973 e. The molecule has 1 saturated heterocycles. The summed E-state index contributed by atoms with van der Waals surface area (Å²) >= 11 is 1.80. The monoisotopic (exact) mass is 410 g/mol. The Morgan fingerprint density at radius 3 is 2.48 bits per heavy atom. The van der Waals surface area contributed by atoms with Gasteiger partial charge in [0.2, 0.25) is 0 Å². The van der Waals surface area contributed by atoms with Gasteiger partial charge in [-0.3, -0.25) is 10.4 Å².